The summed E-state index contributed by atoms with van der Waals surface area (Å²) in [6.45, 7) is 5.95. The van der Waals surface area contributed by atoms with E-state index in [-0.39, 0.29) is 12.1 Å². The number of hydrogen-bond donors (Lipinski definition) is 1. The van der Waals surface area contributed by atoms with Gasteiger partial charge in [0.15, 0.2) is 0 Å². The highest BCUT2D eigenvalue weighted by atomic mass is 32.1. The minimum absolute atomic E-state index is 0.0676. The minimum Gasteiger partial charge on any atom is -0.390 e. The van der Waals surface area contributed by atoms with E-state index in [4.69, 9.17) is 4.74 Å². The van der Waals surface area contributed by atoms with Crippen LogP contribution in [0.5, 0.6) is 0 Å². The first kappa shape index (κ1) is 15.6. The van der Waals surface area contributed by atoms with E-state index in [2.05, 4.69) is 16.8 Å². The number of morpholine rings is 1. The number of fused-ring (bicyclic) bond motifs is 1. The summed E-state index contributed by atoms with van der Waals surface area (Å²) in [6.07, 6.45) is 1.86. The number of thiophene rings is 1. The number of aliphatic hydroxyl groups is 1. The number of hydrogen-bond acceptors (Lipinski definition) is 6. The molecule has 0 spiro atoms. The van der Waals surface area contributed by atoms with Gasteiger partial charge in [-0.15, -0.1) is 11.3 Å². The SMILES string of the molecule is CCc1cc2c(=O)n(C[C@H](O)CN3CCOCC3)cnc2s1. The molecule has 0 aliphatic carbocycles. The van der Waals surface area contributed by atoms with Gasteiger partial charge in [0.2, 0.25) is 0 Å². The van der Waals surface area contributed by atoms with Crippen LogP contribution in [-0.4, -0.2) is 58.5 Å². The van der Waals surface area contributed by atoms with Gasteiger partial charge < -0.3 is 9.84 Å². The van der Waals surface area contributed by atoms with Crippen LogP contribution in [0, 0.1) is 0 Å². The molecule has 3 rings (SSSR count). The van der Waals surface area contributed by atoms with Gasteiger partial charge in [-0.3, -0.25) is 14.3 Å². The highest BCUT2D eigenvalue weighted by Crippen LogP contribution is 2.21. The standard InChI is InChI=1S/C15H21N3O3S/c1-2-12-7-13-14(22-12)16-10-18(15(13)20)9-11(19)8-17-3-5-21-6-4-17/h7,10-11,19H,2-6,8-9H2,1H3/t11-/m1/s1. The first-order valence-electron chi connectivity index (χ1n) is 7.63. The smallest absolute Gasteiger partial charge is 0.262 e. The maximum absolute atomic E-state index is 12.5. The molecule has 0 aromatic carbocycles. The monoisotopic (exact) mass is 323 g/mol. The predicted molar refractivity (Wildman–Crippen MR) is 86.5 cm³/mol. The fourth-order valence-corrected chi connectivity index (χ4v) is 3.61. The summed E-state index contributed by atoms with van der Waals surface area (Å²) in [7, 11) is 0. The average Bonchev–Trinajstić information content (AvgIpc) is 2.95. The molecule has 0 radical (unpaired) electrons. The Morgan fingerprint density at radius 1 is 1.41 bits per heavy atom. The van der Waals surface area contributed by atoms with Crippen LogP contribution in [0.3, 0.4) is 0 Å². The highest BCUT2D eigenvalue weighted by Gasteiger charge is 2.16. The van der Waals surface area contributed by atoms with Crippen LogP contribution in [-0.2, 0) is 17.7 Å². The van der Waals surface area contributed by atoms with Gasteiger partial charge in [0.25, 0.3) is 5.56 Å². The lowest BCUT2D eigenvalue weighted by Crippen LogP contribution is -2.42. The van der Waals surface area contributed by atoms with Crippen LogP contribution < -0.4 is 5.56 Å². The van der Waals surface area contributed by atoms with E-state index in [1.54, 1.807) is 17.7 Å². The molecule has 0 unspecified atom stereocenters. The van der Waals surface area contributed by atoms with E-state index in [1.807, 2.05) is 6.07 Å². The lowest BCUT2D eigenvalue weighted by Gasteiger charge is -2.28. The lowest BCUT2D eigenvalue weighted by molar-refractivity contribution is 0.0113. The van der Waals surface area contributed by atoms with Crippen molar-refractivity contribution in [2.45, 2.75) is 26.0 Å². The third-order valence-electron chi connectivity index (χ3n) is 3.90. The molecule has 0 saturated carbocycles. The van der Waals surface area contributed by atoms with Crippen molar-refractivity contribution in [3.8, 4) is 0 Å². The molecule has 1 N–H and O–H groups in total. The molecule has 0 amide bonds. The highest BCUT2D eigenvalue weighted by molar-refractivity contribution is 7.18. The Bertz CT molecular complexity index is 691. The van der Waals surface area contributed by atoms with Gasteiger partial charge in [-0.2, -0.15) is 0 Å². The van der Waals surface area contributed by atoms with Crippen LogP contribution in [0.15, 0.2) is 17.2 Å². The molecule has 1 atom stereocenters. The molecule has 120 valence electrons. The number of aryl methyl sites for hydroxylation is 1. The predicted octanol–water partition coefficient (Wildman–Crippen LogP) is 0.714. The molecule has 1 aliphatic heterocycles. The molecule has 6 nitrogen and oxygen atoms in total. The topological polar surface area (TPSA) is 67.6 Å². The first-order chi connectivity index (χ1) is 10.7. The molecule has 1 aliphatic rings. The van der Waals surface area contributed by atoms with Crippen molar-refractivity contribution in [3.63, 3.8) is 0 Å². The fourth-order valence-electron chi connectivity index (χ4n) is 2.68. The summed E-state index contributed by atoms with van der Waals surface area (Å²) in [4.78, 5) is 20.9. The van der Waals surface area contributed by atoms with Crippen molar-refractivity contribution in [1.82, 2.24) is 14.5 Å². The molecule has 7 heteroatoms. The summed E-state index contributed by atoms with van der Waals surface area (Å²) >= 11 is 1.56. The van der Waals surface area contributed by atoms with Crippen molar-refractivity contribution in [1.29, 1.82) is 0 Å². The van der Waals surface area contributed by atoms with Crippen molar-refractivity contribution < 1.29 is 9.84 Å². The average molecular weight is 323 g/mol. The van der Waals surface area contributed by atoms with Crippen LogP contribution in [0.25, 0.3) is 10.2 Å². The second-order valence-corrected chi connectivity index (χ2v) is 6.67. The van der Waals surface area contributed by atoms with Gasteiger partial charge >= 0.3 is 0 Å². The number of β-amino-alcohol motifs (C(OH)–C–C–N with tert-alkyl or cyclic N) is 1. The van der Waals surface area contributed by atoms with E-state index in [0.29, 0.717) is 25.1 Å². The Balaban J connectivity index is 1.72. The second kappa shape index (κ2) is 6.87. The zero-order chi connectivity index (χ0) is 15.5. The van der Waals surface area contributed by atoms with Crippen molar-refractivity contribution in [2.24, 2.45) is 0 Å². The van der Waals surface area contributed by atoms with E-state index in [9.17, 15) is 9.90 Å². The van der Waals surface area contributed by atoms with Gasteiger partial charge in [0.05, 0.1) is 37.6 Å². The van der Waals surface area contributed by atoms with E-state index in [0.717, 1.165) is 29.2 Å². The molecule has 2 aromatic heterocycles. The Labute approximate surface area is 133 Å². The van der Waals surface area contributed by atoms with Crippen LogP contribution in [0.4, 0.5) is 0 Å². The zero-order valence-corrected chi connectivity index (χ0v) is 13.5. The normalized spacial score (nSPS) is 17.9. The van der Waals surface area contributed by atoms with Gasteiger partial charge in [-0.1, -0.05) is 6.92 Å². The van der Waals surface area contributed by atoms with Crippen molar-refractivity contribution in [2.75, 3.05) is 32.8 Å². The van der Waals surface area contributed by atoms with Gasteiger partial charge in [0.1, 0.15) is 4.83 Å². The summed E-state index contributed by atoms with van der Waals surface area (Å²) in [5.74, 6) is 0. The molecule has 22 heavy (non-hydrogen) atoms. The Hall–Kier alpha value is -1.28. The molecular formula is C15H21N3O3S. The Morgan fingerprint density at radius 3 is 2.91 bits per heavy atom. The summed E-state index contributed by atoms with van der Waals surface area (Å²) in [5.41, 5.74) is -0.0676. The van der Waals surface area contributed by atoms with Gasteiger partial charge in [-0.05, 0) is 12.5 Å². The largest absolute Gasteiger partial charge is 0.390 e. The van der Waals surface area contributed by atoms with Crippen LogP contribution >= 0.6 is 11.3 Å². The van der Waals surface area contributed by atoms with E-state index >= 15 is 0 Å². The lowest BCUT2D eigenvalue weighted by atomic mass is 10.3. The van der Waals surface area contributed by atoms with Crippen molar-refractivity contribution >= 4 is 21.6 Å². The maximum atomic E-state index is 12.5. The third kappa shape index (κ3) is 3.38. The molecular weight excluding hydrogens is 302 g/mol. The zero-order valence-electron chi connectivity index (χ0n) is 12.7. The van der Waals surface area contributed by atoms with Gasteiger partial charge in [0, 0.05) is 24.5 Å². The molecule has 3 heterocycles. The van der Waals surface area contributed by atoms with Crippen LogP contribution in [0.1, 0.15) is 11.8 Å². The molecule has 1 saturated heterocycles. The molecule has 2 aromatic rings. The Kier molecular flexibility index (Phi) is 4.87. The number of nitrogens with zero attached hydrogens (tertiary/aromatic N) is 3. The fraction of sp³-hybridized carbons (Fsp3) is 0.600. The third-order valence-corrected chi connectivity index (χ3v) is 5.09. The minimum atomic E-state index is -0.584. The molecule has 1 fully saturated rings. The summed E-state index contributed by atoms with van der Waals surface area (Å²) in [6, 6.07) is 1.92. The Morgan fingerprint density at radius 2 is 2.18 bits per heavy atom. The van der Waals surface area contributed by atoms with Crippen molar-refractivity contribution in [3.05, 3.63) is 27.6 Å². The van der Waals surface area contributed by atoms with E-state index < -0.39 is 6.10 Å². The number of ether oxygens (including phenoxy) is 1. The second-order valence-electron chi connectivity index (χ2n) is 5.55. The number of aromatic nitrogens is 2. The summed E-state index contributed by atoms with van der Waals surface area (Å²) < 4.78 is 6.81. The van der Waals surface area contributed by atoms with Gasteiger partial charge in [-0.25, -0.2) is 4.98 Å². The van der Waals surface area contributed by atoms with E-state index in [1.165, 1.54) is 4.57 Å². The maximum Gasteiger partial charge on any atom is 0.262 e. The quantitative estimate of drug-likeness (QED) is 0.878. The summed E-state index contributed by atoms with van der Waals surface area (Å²) in [5, 5.41) is 10.9. The first-order valence-corrected chi connectivity index (χ1v) is 8.45. The molecule has 0 bridgehead atoms. The number of rotatable bonds is 5. The van der Waals surface area contributed by atoms with Crippen LogP contribution in [0.2, 0.25) is 0 Å². The number of aliphatic hydroxyl groups excluding tert-OH is 1.